The summed E-state index contributed by atoms with van der Waals surface area (Å²) in [5.74, 6) is 1.01. The second-order valence-corrected chi connectivity index (χ2v) is 5.57. The molecule has 0 amide bonds. The Hall–Kier alpha value is -1.83. The van der Waals surface area contributed by atoms with Crippen molar-refractivity contribution in [1.29, 1.82) is 0 Å². The van der Waals surface area contributed by atoms with Crippen LogP contribution in [-0.2, 0) is 5.41 Å². The molecule has 0 unspecified atom stereocenters. The van der Waals surface area contributed by atoms with Gasteiger partial charge in [-0.15, -0.1) is 0 Å². The number of rotatable bonds is 1. The quantitative estimate of drug-likeness (QED) is 0.754. The molecule has 3 rings (SSSR count). The zero-order chi connectivity index (χ0) is 13.6. The Morgan fingerprint density at radius 1 is 1.11 bits per heavy atom. The summed E-state index contributed by atoms with van der Waals surface area (Å²) in [7, 11) is 0. The predicted octanol–water partition coefficient (Wildman–Crippen LogP) is 4.19. The van der Waals surface area contributed by atoms with Gasteiger partial charge in [0.2, 0.25) is 0 Å². The number of pyridine rings is 1. The molecule has 1 aliphatic heterocycles. The van der Waals surface area contributed by atoms with Crippen LogP contribution in [0.3, 0.4) is 0 Å². The summed E-state index contributed by atoms with van der Waals surface area (Å²) < 4.78 is 0. The maximum atomic E-state index is 4.57. The summed E-state index contributed by atoms with van der Waals surface area (Å²) in [6.45, 7) is 10.8. The smallest absolute Gasteiger partial charge is 0.137 e. The number of aromatic nitrogens is 1. The molecule has 1 aromatic heterocycles. The average Bonchev–Trinajstić information content (AvgIpc) is 2.60. The largest absolute Gasteiger partial charge is 0.316 e. The van der Waals surface area contributed by atoms with E-state index in [-0.39, 0.29) is 5.41 Å². The molecule has 2 heterocycles. The molecule has 0 bridgehead atoms. The van der Waals surface area contributed by atoms with Crippen molar-refractivity contribution in [2.45, 2.75) is 26.2 Å². The summed E-state index contributed by atoms with van der Waals surface area (Å²) in [4.78, 5) is 6.75. The molecule has 0 fully saturated rings. The lowest BCUT2D eigenvalue weighted by atomic mass is 9.82. The van der Waals surface area contributed by atoms with Gasteiger partial charge in [-0.05, 0) is 31.5 Å². The Kier molecular flexibility index (Phi) is 2.63. The highest BCUT2D eigenvalue weighted by Crippen LogP contribution is 2.51. The van der Waals surface area contributed by atoms with Gasteiger partial charge >= 0.3 is 0 Å². The average molecular weight is 250 g/mol. The first-order valence-corrected chi connectivity index (χ1v) is 6.54. The van der Waals surface area contributed by atoms with Crippen LogP contribution in [0.1, 0.15) is 25.0 Å². The van der Waals surface area contributed by atoms with Crippen LogP contribution in [0, 0.1) is 19.9 Å². The van der Waals surface area contributed by atoms with E-state index in [0.29, 0.717) is 0 Å². The molecule has 1 aromatic carbocycles. The van der Waals surface area contributed by atoms with E-state index in [0.717, 1.165) is 17.5 Å². The number of benzene rings is 1. The van der Waals surface area contributed by atoms with Gasteiger partial charge in [-0.2, -0.15) is 0 Å². The zero-order valence-corrected chi connectivity index (χ0v) is 11.6. The number of hydrogen-bond acceptors (Lipinski definition) is 2. The molecular formula is C17H18N2. The van der Waals surface area contributed by atoms with Gasteiger partial charge in [0.25, 0.3) is 0 Å². The molecule has 2 nitrogen and oxygen atoms in total. The Morgan fingerprint density at radius 2 is 1.84 bits per heavy atom. The third-order valence-corrected chi connectivity index (χ3v) is 4.02. The summed E-state index contributed by atoms with van der Waals surface area (Å²) >= 11 is 0. The Bertz CT molecular complexity index is 616. The van der Waals surface area contributed by atoms with Gasteiger partial charge in [-0.1, -0.05) is 38.1 Å². The normalized spacial score (nSPS) is 17.6. The van der Waals surface area contributed by atoms with Gasteiger partial charge in [0, 0.05) is 22.9 Å². The van der Waals surface area contributed by atoms with Crippen LogP contribution >= 0.6 is 0 Å². The molecule has 1 aliphatic rings. The molecule has 0 saturated carbocycles. The van der Waals surface area contributed by atoms with E-state index >= 15 is 0 Å². The van der Waals surface area contributed by atoms with E-state index < -0.39 is 0 Å². The van der Waals surface area contributed by atoms with Crippen LogP contribution in [-0.4, -0.2) is 4.98 Å². The van der Waals surface area contributed by atoms with Crippen molar-refractivity contribution in [3.63, 3.8) is 0 Å². The third-order valence-electron chi connectivity index (χ3n) is 4.02. The van der Waals surface area contributed by atoms with Crippen molar-refractivity contribution in [2.75, 3.05) is 4.90 Å². The lowest BCUT2D eigenvalue weighted by molar-refractivity contribution is 0.587. The number of hydrogen-bond donors (Lipinski definition) is 0. The second-order valence-electron chi connectivity index (χ2n) is 5.57. The highest BCUT2D eigenvalue weighted by molar-refractivity contribution is 5.76. The number of para-hydroxylation sites is 1. The van der Waals surface area contributed by atoms with E-state index in [1.807, 2.05) is 12.3 Å². The van der Waals surface area contributed by atoms with Crippen molar-refractivity contribution < 1.29 is 0 Å². The lowest BCUT2D eigenvalue weighted by Gasteiger charge is -2.30. The highest BCUT2D eigenvalue weighted by atomic mass is 15.3. The van der Waals surface area contributed by atoms with Crippen molar-refractivity contribution in [2.24, 2.45) is 0 Å². The minimum Gasteiger partial charge on any atom is -0.316 e. The Labute approximate surface area is 115 Å². The molecule has 2 aromatic rings. The van der Waals surface area contributed by atoms with Gasteiger partial charge in [-0.3, -0.25) is 0 Å². The summed E-state index contributed by atoms with van der Waals surface area (Å²) in [6.07, 6.45) is 1.85. The van der Waals surface area contributed by atoms with Gasteiger partial charge in [-0.25, -0.2) is 4.98 Å². The van der Waals surface area contributed by atoms with Crippen molar-refractivity contribution in [3.05, 3.63) is 66.7 Å². The number of fused-ring (bicyclic) bond motifs is 1. The van der Waals surface area contributed by atoms with E-state index in [4.69, 9.17) is 0 Å². The first-order valence-electron chi connectivity index (χ1n) is 6.54. The zero-order valence-electron chi connectivity index (χ0n) is 11.6. The maximum absolute atomic E-state index is 4.57. The molecular weight excluding hydrogens is 232 g/mol. The molecule has 0 spiro atoms. The van der Waals surface area contributed by atoms with Crippen molar-refractivity contribution in [1.82, 2.24) is 4.98 Å². The van der Waals surface area contributed by atoms with Crippen molar-refractivity contribution >= 4 is 11.5 Å². The number of anilines is 2. The molecule has 2 heteroatoms. The molecule has 96 valence electrons. The Morgan fingerprint density at radius 3 is 2.58 bits per heavy atom. The van der Waals surface area contributed by atoms with Gasteiger partial charge in [0.1, 0.15) is 5.82 Å². The first kappa shape index (κ1) is 12.2. The highest BCUT2D eigenvalue weighted by Gasteiger charge is 2.44. The van der Waals surface area contributed by atoms with E-state index in [1.165, 1.54) is 11.1 Å². The van der Waals surface area contributed by atoms with Gasteiger partial charge in [0.05, 0.1) is 6.04 Å². The van der Waals surface area contributed by atoms with Crippen LogP contribution in [0.15, 0.2) is 42.6 Å². The molecule has 0 N–H and O–H groups in total. The lowest BCUT2D eigenvalue weighted by Crippen LogP contribution is -2.28. The first-order chi connectivity index (χ1) is 9.03. The van der Waals surface area contributed by atoms with Crippen molar-refractivity contribution in [3.8, 4) is 0 Å². The van der Waals surface area contributed by atoms with E-state index in [1.54, 1.807) is 0 Å². The van der Waals surface area contributed by atoms with Gasteiger partial charge in [0.15, 0.2) is 0 Å². The van der Waals surface area contributed by atoms with Crippen LogP contribution in [0.25, 0.3) is 0 Å². The maximum Gasteiger partial charge on any atom is 0.137 e. The minimum atomic E-state index is -0.0775. The topological polar surface area (TPSA) is 16.1 Å². The molecule has 0 aliphatic carbocycles. The van der Waals surface area contributed by atoms with Crippen LogP contribution in [0.5, 0.6) is 0 Å². The van der Waals surface area contributed by atoms with Gasteiger partial charge < -0.3 is 4.90 Å². The minimum absolute atomic E-state index is 0.0775. The summed E-state index contributed by atoms with van der Waals surface area (Å²) in [5.41, 5.74) is 3.56. The Balaban J connectivity index is 2.21. The standard InChI is InChI=1S/C17H18N2/c1-12-8-5-6-10-15(12)19-13(2)17(3,4)14-9-7-11-18-16(14)19/h5-11H,2H2,1,3-4H3. The molecule has 2 radical (unpaired) electrons. The molecule has 19 heavy (non-hydrogen) atoms. The van der Waals surface area contributed by atoms with Crippen LogP contribution in [0.4, 0.5) is 11.5 Å². The summed E-state index contributed by atoms with van der Waals surface area (Å²) in [5, 5.41) is 0. The fourth-order valence-corrected chi connectivity index (χ4v) is 2.70. The van der Waals surface area contributed by atoms with E-state index in [2.05, 4.69) is 67.9 Å². The fourth-order valence-electron chi connectivity index (χ4n) is 2.70. The molecule has 0 atom stereocenters. The predicted molar refractivity (Wildman–Crippen MR) is 79.2 cm³/mol. The van der Waals surface area contributed by atoms with Crippen LogP contribution < -0.4 is 4.90 Å². The summed E-state index contributed by atoms with van der Waals surface area (Å²) in [6, 6.07) is 13.6. The second kappa shape index (κ2) is 4.09. The number of nitrogens with zero attached hydrogens (tertiary/aromatic N) is 2. The van der Waals surface area contributed by atoms with Crippen LogP contribution in [0.2, 0.25) is 0 Å². The SMILES string of the molecule is [CH2][C]1N(c2ccccc2C)c2ncccc2C1(C)C. The third kappa shape index (κ3) is 1.66. The number of aryl methyl sites for hydroxylation is 1. The molecule has 0 saturated heterocycles. The van der Waals surface area contributed by atoms with E-state index in [9.17, 15) is 0 Å². The monoisotopic (exact) mass is 250 g/mol. The fraction of sp³-hybridized carbons (Fsp3) is 0.235.